The molecule has 1 aromatic rings. The largest absolute Gasteiger partial charge is 0.391 e. The number of carbonyl (C=O) groups is 1. The highest BCUT2D eigenvalue weighted by Crippen LogP contribution is 2.16. The lowest BCUT2D eigenvalue weighted by Gasteiger charge is -2.30. The van der Waals surface area contributed by atoms with Crippen LogP contribution in [0.4, 0.5) is 0 Å². The highest BCUT2D eigenvalue weighted by Gasteiger charge is 2.24. The molecular formula is C13H14N2O2. The first-order valence-electron chi connectivity index (χ1n) is 5.69. The average Bonchev–Trinajstić information content (AvgIpc) is 2.38. The van der Waals surface area contributed by atoms with Crippen LogP contribution < -0.4 is 0 Å². The number of nitrogens with zero attached hydrogens (tertiary/aromatic N) is 2. The molecule has 4 heteroatoms. The molecule has 1 amide bonds. The fourth-order valence-corrected chi connectivity index (χ4v) is 2.08. The summed E-state index contributed by atoms with van der Waals surface area (Å²) in [5.74, 6) is -0.166. The van der Waals surface area contributed by atoms with Crippen molar-refractivity contribution in [2.24, 2.45) is 0 Å². The molecule has 4 nitrogen and oxygen atoms in total. The molecule has 1 aromatic carbocycles. The van der Waals surface area contributed by atoms with Crippen molar-refractivity contribution in [2.45, 2.75) is 18.9 Å². The molecule has 0 spiro atoms. The highest BCUT2D eigenvalue weighted by molar-refractivity contribution is 5.96. The number of carbonyl (C=O) groups excluding carboxylic acids is 1. The number of likely N-dealkylation sites (tertiary alicyclic amines) is 1. The molecule has 0 aliphatic carbocycles. The van der Waals surface area contributed by atoms with E-state index >= 15 is 0 Å². The maximum Gasteiger partial charge on any atom is 0.255 e. The number of nitriles is 1. The third-order valence-corrected chi connectivity index (χ3v) is 2.96. The third kappa shape index (κ3) is 2.45. The lowest BCUT2D eigenvalue weighted by atomic mass is 10.0. The summed E-state index contributed by atoms with van der Waals surface area (Å²) in [4.78, 5) is 13.8. The zero-order chi connectivity index (χ0) is 12.3. The van der Waals surface area contributed by atoms with Crippen molar-refractivity contribution in [2.75, 3.05) is 13.1 Å². The van der Waals surface area contributed by atoms with Gasteiger partial charge in [-0.15, -0.1) is 0 Å². The van der Waals surface area contributed by atoms with Gasteiger partial charge in [-0.3, -0.25) is 4.79 Å². The van der Waals surface area contributed by atoms with Gasteiger partial charge in [0, 0.05) is 13.1 Å². The van der Waals surface area contributed by atoms with Crippen molar-refractivity contribution in [3.63, 3.8) is 0 Å². The molecule has 1 atom stereocenters. The number of aliphatic hydroxyl groups excluding tert-OH is 1. The van der Waals surface area contributed by atoms with Gasteiger partial charge in [0.05, 0.1) is 23.3 Å². The molecule has 1 aliphatic rings. The quantitative estimate of drug-likeness (QED) is 0.787. The predicted octanol–water partition coefficient (Wildman–Crippen LogP) is 1.16. The minimum absolute atomic E-state index is 0.166. The van der Waals surface area contributed by atoms with Crippen molar-refractivity contribution in [1.82, 2.24) is 4.90 Å². The van der Waals surface area contributed by atoms with Crippen LogP contribution in [0.5, 0.6) is 0 Å². The van der Waals surface area contributed by atoms with E-state index in [4.69, 9.17) is 5.26 Å². The normalized spacial score (nSPS) is 19.8. The van der Waals surface area contributed by atoms with Gasteiger partial charge < -0.3 is 10.0 Å². The van der Waals surface area contributed by atoms with E-state index in [0.717, 1.165) is 12.8 Å². The number of piperidine rings is 1. The smallest absolute Gasteiger partial charge is 0.255 e. The first-order chi connectivity index (χ1) is 8.22. The van der Waals surface area contributed by atoms with Crippen molar-refractivity contribution in [3.8, 4) is 6.07 Å². The van der Waals surface area contributed by atoms with Crippen molar-refractivity contribution < 1.29 is 9.90 Å². The Kier molecular flexibility index (Phi) is 3.40. The van der Waals surface area contributed by atoms with Crippen LogP contribution in [-0.2, 0) is 0 Å². The maximum absolute atomic E-state index is 12.2. The SMILES string of the molecule is N#Cc1ccccc1C(=O)N1CCCC(O)C1. The molecule has 0 radical (unpaired) electrons. The topological polar surface area (TPSA) is 64.3 Å². The molecule has 0 saturated carbocycles. The van der Waals surface area contributed by atoms with Gasteiger partial charge >= 0.3 is 0 Å². The molecule has 2 rings (SSSR count). The Morgan fingerprint density at radius 2 is 2.24 bits per heavy atom. The second kappa shape index (κ2) is 4.98. The van der Waals surface area contributed by atoms with Gasteiger partial charge in [-0.2, -0.15) is 5.26 Å². The first-order valence-corrected chi connectivity index (χ1v) is 5.69. The van der Waals surface area contributed by atoms with Gasteiger partial charge in [0.2, 0.25) is 0 Å². The Balaban J connectivity index is 2.22. The van der Waals surface area contributed by atoms with Gasteiger partial charge in [0.25, 0.3) is 5.91 Å². The molecule has 1 unspecified atom stereocenters. The van der Waals surface area contributed by atoms with Gasteiger partial charge in [-0.1, -0.05) is 12.1 Å². The third-order valence-electron chi connectivity index (χ3n) is 2.96. The minimum atomic E-state index is -0.443. The van der Waals surface area contributed by atoms with Gasteiger partial charge in [-0.25, -0.2) is 0 Å². The number of amides is 1. The van der Waals surface area contributed by atoms with Crippen LogP contribution in [0.2, 0.25) is 0 Å². The Morgan fingerprint density at radius 1 is 1.47 bits per heavy atom. The second-order valence-corrected chi connectivity index (χ2v) is 4.20. The summed E-state index contributed by atoms with van der Waals surface area (Å²) in [6.45, 7) is 1.01. The number of hydrogen-bond acceptors (Lipinski definition) is 3. The summed E-state index contributed by atoms with van der Waals surface area (Å²) in [7, 11) is 0. The Morgan fingerprint density at radius 3 is 2.94 bits per heavy atom. The number of aliphatic hydroxyl groups is 1. The lowest BCUT2D eigenvalue weighted by molar-refractivity contribution is 0.0473. The Labute approximate surface area is 100 Å². The molecule has 1 fully saturated rings. The van der Waals surface area contributed by atoms with E-state index in [9.17, 15) is 9.90 Å². The van der Waals surface area contributed by atoms with E-state index < -0.39 is 6.10 Å². The summed E-state index contributed by atoms with van der Waals surface area (Å²) in [6.07, 6.45) is 1.10. The van der Waals surface area contributed by atoms with Crippen LogP contribution in [-0.4, -0.2) is 35.1 Å². The van der Waals surface area contributed by atoms with Crippen molar-refractivity contribution >= 4 is 5.91 Å². The second-order valence-electron chi connectivity index (χ2n) is 4.20. The van der Waals surface area contributed by atoms with E-state index in [2.05, 4.69) is 0 Å². The van der Waals surface area contributed by atoms with Crippen LogP contribution in [0.25, 0.3) is 0 Å². The monoisotopic (exact) mass is 230 g/mol. The van der Waals surface area contributed by atoms with E-state index in [1.54, 1.807) is 29.2 Å². The van der Waals surface area contributed by atoms with Gasteiger partial charge in [0.15, 0.2) is 0 Å². The van der Waals surface area contributed by atoms with E-state index in [-0.39, 0.29) is 5.91 Å². The summed E-state index contributed by atoms with van der Waals surface area (Å²) in [6, 6.07) is 8.78. The number of β-amino-alcohol motifs (C(OH)–C–C–N with tert-alkyl or cyclic N) is 1. The number of benzene rings is 1. The summed E-state index contributed by atoms with van der Waals surface area (Å²) in [5, 5.41) is 18.5. The standard InChI is InChI=1S/C13H14N2O2/c14-8-10-4-1-2-6-12(10)13(17)15-7-3-5-11(16)9-15/h1-2,4,6,11,16H,3,5,7,9H2. The van der Waals surface area contributed by atoms with Crippen LogP contribution in [0.3, 0.4) is 0 Å². The molecule has 1 N–H and O–H groups in total. The minimum Gasteiger partial charge on any atom is -0.391 e. The van der Waals surface area contributed by atoms with Gasteiger partial charge in [0.1, 0.15) is 0 Å². The summed E-state index contributed by atoms with van der Waals surface area (Å²) in [5.41, 5.74) is 0.807. The predicted molar refractivity (Wildman–Crippen MR) is 62.3 cm³/mol. The van der Waals surface area contributed by atoms with Crippen molar-refractivity contribution in [1.29, 1.82) is 5.26 Å². The summed E-state index contributed by atoms with van der Waals surface area (Å²) < 4.78 is 0. The average molecular weight is 230 g/mol. The van der Waals surface area contributed by atoms with Crippen LogP contribution in [0.1, 0.15) is 28.8 Å². The first kappa shape index (κ1) is 11.6. The molecule has 88 valence electrons. The molecule has 0 aromatic heterocycles. The maximum atomic E-state index is 12.2. The van der Waals surface area contributed by atoms with Crippen LogP contribution >= 0.6 is 0 Å². The van der Waals surface area contributed by atoms with Crippen molar-refractivity contribution in [3.05, 3.63) is 35.4 Å². The molecule has 1 aliphatic heterocycles. The highest BCUT2D eigenvalue weighted by atomic mass is 16.3. The fourth-order valence-electron chi connectivity index (χ4n) is 2.08. The molecular weight excluding hydrogens is 216 g/mol. The fraction of sp³-hybridized carbons (Fsp3) is 0.385. The van der Waals surface area contributed by atoms with Crippen LogP contribution in [0, 0.1) is 11.3 Å². The molecule has 1 heterocycles. The van der Waals surface area contributed by atoms with Gasteiger partial charge in [-0.05, 0) is 25.0 Å². The zero-order valence-corrected chi connectivity index (χ0v) is 9.47. The number of rotatable bonds is 1. The van der Waals surface area contributed by atoms with E-state index in [1.165, 1.54) is 0 Å². The molecule has 17 heavy (non-hydrogen) atoms. The van der Waals surface area contributed by atoms with E-state index in [0.29, 0.717) is 24.2 Å². The molecule has 1 saturated heterocycles. The zero-order valence-electron chi connectivity index (χ0n) is 9.47. The summed E-state index contributed by atoms with van der Waals surface area (Å²) >= 11 is 0. The van der Waals surface area contributed by atoms with Crippen LogP contribution in [0.15, 0.2) is 24.3 Å². The Hall–Kier alpha value is -1.86. The Bertz CT molecular complexity index is 465. The lowest BCUT2D eigenvalue weighted by Crippen LogP contribution is -2.42. The van der Waals surface area contributed by atoms with E-state index in [1.807, 2.05) is 6.07 Å². The molecule has 0 bridgehead atoms. The number of hydrogen-bond donors (Lipinski definition) is 1.